The van der Waals surface area contributed by atoms with Crippen LogP contribution in [0.2, 0.25) is 0 Å². The molecule has 1 heterocycles. The van der Waals surface area contributed by atoms with Gasteiger partial charge in [0.25, 0.3) is 0 Å². The van der Waals surface area contributed by atoms with E-state index in [1.165, 1.54) is 0 Å². The average Bonchev–Trinajstić information content (AvgIpc) is 2.56. The van der Waals surface area contributed by atoms with Crippen molar-refractivity contribution in [2.45, 2.75) is 46.1 Å². The summed E-state index contributed by atoms with van der Waals surface area (Å²) in [7, 11) is 3.54. The largest absolute Gasteiger partial charge is 0.381 e. The van der Waals surface area contributed by atoms with E-state index in [0.29, 0.717) is 5.92 Å². The van der Waals surface area contributed by atoms with Crippen LogP contribution in [0.5, 0.6) is 0 Å². The smallest absolute Gasteiger partial charge is 0.191 e. The lowest BCUT2D eigenvalue weighted by Crippen LogP contribution is -2.45. The van der Waals surface area contributed by atoms with E-state index in [9.17, 15) is 0 Å². The molecule has 0 spiro atoms. The molecule has 0 aliphatic carbocycles. The van der Waals surface area contributed by atoms with Gasteiger partial charge < -0.3 is 24.8 Å². The summed E-state index contributed by atoms with van der Waals surface area (Å²) in [6.07, 6.45) is 3.36. The molecule has 2 N–H and O–H groups in total. The number of methoxy groups -OCH3 is 1. The minimum atomic E-state index is 0.0958. The maximum atomic E-state index is 5.77. The van der Waals surface area contributed by atoms with Crippen molar-refractivity contribution in [2.24, 2.45) is 16.3 Å². The molecular formula is C18H37N3O3. The van der Waals surface area contributed by atoms with Crippen molar-refractivity contribution in [3.05, 3.63) is 0 Å². The van der Waals surface area contributed by atoms with E-state index in [4.69, 9.17) is 14.2 Å². The number of rotatable bonds is 9. The first-order chi connectivity index (χ1) is 11.5. The molecule has 1 unspecified atom stereocenters. The number of nitrogens with one attached hydrogen (secondary N) is 2. The molecule has 1 atom stereocenters. The van der Waals surface area contributed by atoms with E-state index >= 15 is 0 Å². The normalized spacial score (nSPS) is 18.5. The Labute approximate surface area is 147 Å². The van der Waals surface area contributed by atoms with Crippen molar-refractivity contribution in [2.75, 3.05) is 53.7 Å². The molecular weight excluding hydrogens is 306 g/mol. The molecule has 1 rings (SSSR count). The highest BCUT2D eigenvalue weighted by Crippen LogP contribution is 2.20. The zero-order chi connectivity index (χ0) is 17.8. The average molecular weight is 344 g/mol. The van der Waals surface area contributed by atoms with Crippen molar-refractivity contribution >= 4 is 5.96 Å². The first-order valence-corrected chi connectivity index (χ1v) is 9.10. The highest BCUT2D eigenvalue weighted by molar-refractivity contribution is 5.79. The van der Waals surface area contributed by atoms with E-state index < -0.39 is 0 Å². The Morgan fingerprint density at radius 3 is 2.54 bits per heavy atom. The number of nitrogens with zero attached hydrogens (tertiary/aromatic N) is 1. The maximum absolute atomic E-state index is 5.77. The van der Waals surface area contributed by atoms with Crippen LogP contribution in [0, 0.1) is 11.3 Å². The van der Waals surface area contributed by atoms with E-state index in [0.717, 1.165) is 64.7 Å². The second-order valence-corrected chi connectivity index (χ2v) is 7.45. The van der Waals surface area contributed by atoms with E-state index in [1.54, 1.807) is 14.2 Å². The van der Waals surface area contributed by atoms with Crippen LogP contribution in [0.4, 0.5) is 0 Å². The summed E-state index contributed by atoms with van der Waals surface area (Å²) in [4.78, 5) is 4.25. The van der Waals surface area contributed by atoms with Crippen LogP contribution in [0.25, 0.3) is 0 Å². The Morgan fingerprint density at radius 1 is 1.25 bits per heavy atom. The van der Waals surface area contributed by atoms with Crippen LogP contribution in [0.15, 0.2) is 4.99 Å². The second kappa shape index (κ2) is 11.7. The fourth-order valence-electron chi connectivity index (χ4n) is 2.70. The monoisotopic (exact) mass is 343 g/mol. The third kappa shape index (κ3) is 8.85. The molecule has 1 aliphatic rings. The predicted octanol–water partition coefficient (Wildman–Crippen LogP) is 2.05. The second-order valence-electron chi connectivity index (χ2n) is 7.45. The summed E-state index contributed by atoms with van der Waals surface area (Å²) in [5, 5.41) is 6.65. The predicted molar refractivity (Wildman–Crippen MR) is 98.6 cm³/mol. The van der Waals surface area contributed by atoms with Crippen LogP contribution in [0.3, 0.4) is 0 Å². The Kier molecular flexibility index (Phi) is 10.3. The zero-order valence-corrected chi connectivity index (χ0v) is 16.2. The number of hydrogen-bond acceptors (Lipinski definition) is 4. The number of aliphatic imine (C=N–C) groups is 1. The van der Waals surface area contributed by atoms with E-state index in [2.05, 4.69) is 36.4 Å². The topological polar surface area (TPSA) is 64.1 Å². The zero-order valence-electron chi connectivity index (χ0n) is 16.2. The summed E-state index contributed by atoms with van der Waals surface area (Å²) in [6, 6.07) is 0. The van der Waals surface area contributed by atoms with Crippen LogP contribution in [-0.4, -0.2) is 65.7 Å². The molecule has 6 heteroatoms. The summed E-state index contributed by atoms with van der Waals surface area (Å²) < 4.78 is 16.7. The molecule has 1 aliphatic heterocycles. The van der Waals surface area contributed by atoms with Gasteiger partial charge in [0.15, 0.2) is 5.96 Å². The maximum Gasteiger partial charge on any atom is 0.191 e. The van der Waals surface area contributed by atoms with Gasteiger partial charge in [-0.15, -0.1) is 0 Å². The molecule has 0 aromatic rings. The van der Waals surface area contributed by atoms with Crippen LogP contribution >= 0.6 is 0 Å². The van der Waals surface area contributed by atoms with Crippen molar-refractivity contribution < 1.29 is 14.2 Å². The molecule has 24 heavy (non-hydrogen) atoms. The molecule has 142 valence electrons. The number of ether oxygens (including phenoxy) is 3. The molecule has 0 radical (unpaired) electrons. The minimum absolute atomic E-state index is 0.0958. The number of hydrogen-bond donors (Lipinski definition) is 2. The van der Waals surface area contributed by atoms with Crippen LogP contribution in [0.1, 0.15) is 40.0 Å². The van der Waals surface area contributed by atoms with E-state index in [-0.39, 0.29) is 11.5 Å². The van der Waals surface area contributed by atoms with Gasteiger partial charge in [0.05, 0.1) is 6.10 Å². The Morgan fingerprint density at radius 2 is 1.96 bits per heavy atom. The lowest BCUT2D eigenvalue weighted by atomic mass is 9.89. The van der Waals surface area contributed by atoms with Gasteiger partial charge in [0.1, 0.15) is 0 Å². The summed E-state index contributed by atoms with van der Waals surface area (Å²) in [5.41, 5.74) is 0.0958. The highest BCUT2D eigenvalue weighted by Gasteiger charge is 2.24. The van der Waals surface area contributed by atoms with Gasteiger partial charge in [0.2, 0.25) is 0 Å². The van der Waals surface area contributed by atoms with Crippen molar-refractivity contribution in [1.29, 1.82) is 0 Å². The van der Waals surface area contributed by atoms with Gasteiger partial charge in [-0.1, -0.05) is 20.8 Å². The Bertz CT molecular complexity index is 350. The van der Waals surface area contributed by atoms with Gasteiger partial charge in [-0.05, 0) is 30.6 Å². The summed E-state index contributed by atoms with van der Waals surface area (Å²) in [6.45, 7) is 11.5. The molecule has 0 saturated carbocycles. The van der Waals surface area contributed by atoms with Gasteiger partial charge in [0, 0.05) is 53.7 Å². The van der Waals surface area contributed by atoms with Crippen LogP contribution < -0.4 is 10.6 Å². The SMILES string of the molecule is CN=C(NCCCOCC1CCOCC1)NCC(OC)C(C)(C)C. The molecule has 0 aromatic heterocycles. The van der Waals surface area contributed by atoms with Crippen LogP contribution in [-0.2, 0) is 14.2 Å². The minimum Gasteiger partial charge on any atom is -0.381 e. The summed E-state index contributed by atoms with van der Waals surface area (Å²) in [5.74, 6) is 1.48. The standard InChI is InChI=1S/C18H37N3O3/c1-18(2,3)16(22-5)13-21-17(19-4)20-9-6-10-24-14-15-7-11-23-12-8-15/h15-16H,6-14H2,1-5H3,(H2,19,20,21). The van der Waals surface area contributed by atoms with Gasteiger partial charge in [-0.3, -0.25) is 4.99 Å². The molecule has 6 nitrogen and oxygen atoms in total. The molecule has 1 saturated heterocycles. The Hall–Kier alpha value is -0.850. The molecule has 0 amide bonds. The van der Waals surface area contributed by atoms with Crippen molar-refractivity contribution in [3.8, 4) is 0 Å². The lowest BCUT2D eigenvalue weighted by molar-refractivity contribution is 0.0199. The highest BCUT2D eigenvalue weighted by atomic mass is 16.5. The summed E-state index contributed by atoms with van der Waals surface area (Å²) >= 11 is 0. The lowest BCUT2D eigenvalue weighted by Gasteiger charge is -2.30. The van der Waals surface area contributed by atoms with Gasteiger partial charge in [-0.2, -0.15) is 0 Å². The van der Waals surface area contributed by atoms with Crippen molar-refractivity contribution in [1.82, 2.24) is 10.6 Å². The third-order valence-electron chi connectivity index (χ3n) is 4.38. The fourth-order valence-corrected chi connectivity index (χ4v) is 2.70. The third-order valence-corrected chi connectivity index (χ3v) is 4.38. The first-order valence-electron chi connectivity index (χ1n) is 9.10. The number of guanidine groups is 1. The first kappa shape index (κ1) is 21.2. The molecule has 0 aromatic carbocycles. The van der Waals surface area contributed by atoms with Gasteiger partial charge in [-0.25, -0.2) is 0 Å². The fraction of sp³-hybridized carbons (Fsp3) is 0.944. The Balaban J connectivity index is 2.09. The molecule has 1 fully saturated rings. The van der Waals surface area contributed by atoms with Crippen molar-refractivity contribution in [3.63, 3.8) is 0 Å². The molecule has 0 bridgehead atoms. The van der Waals surface area contributed by atoms with E-state index in [1.807, 2.05) is 0 Å². The van der Waals surface area contributed by atoms with Gasteiger partial charge >= 0.3 is 0 Å². The quantitative estimate of drug-likeness (QED) is 0.381.